The molecule has 4 rings (SSSR count). The van der Waals surface area contributed by atoms with E-state index < -0.39 is 28.3 Å². The first-order valence-electron chi connectivity index (χ1n) is 12.4. The number of hydrogen-bond acceptors (Lipinski definition) is 6. The summed E-state index contributed by atoms with van der Waals surface area (Å²) in [5, 5.41) is 3.98. The van der Waals surface area contributed by atoms with Crippen molar-refractivity contribution in [3.63, 3.8) is 0 Å². The SMILES string of the molecule is COc1cc(/C=N\NC(=O)CN(c2ccc(F)cc2)S(=O)(=O)c2ccccc2)cc(Br)c1OCc1ccc(C)cc1. The monoisotopic (exact) mass is 639 g/mol. The van der Waals surface area contributed by atoms with Crippen LogP contribution in [0.1, 0.15) is 16.7 Å². The zero-order valence-electron chi connectivity index (χ0n) is 22.3. The molecule has 0 aromatic heterocycles. The van der Waals surface area contributed by atoms with E-state index in [1.165, 1.54) is 37.6 Å². The molecule has 0 atom stereocenters. The lowest BCUT2D eigenvalue weighted by molar-refractivity contribution is -0.119. The second-order valence-electron chi connectivity index (χ2n) is 8.90. The highest BCUT2D eigenvalue weighted by Gasteiger charge is 2.27. The smallest absolute Gasteiger partial charge is 0.264 e. The number of carbonyl (C=O) groups is 1. The van der Waals surface area contributed by atoms with Crippen molar-refractivity contribution in [2.75, 3.05) is 18.0 Å². The molecule has 0 aliphatic carbocycles. The maximum atomic E-state index is 13.5. The predicted octanol–water partition coefficient (Wildman–Crippen LogP) is 5.83. The van der Waals surface area contributed by atoms with Gasteiger partial charge in [0.2, 0.25) is 0 Å². The first kappa shape index (κ1) is 29.8. The average Bonchev–Trinajstić information content (AvgIpc) is 2.97. The summed E-state index contributed by atoms with van der Waals surface area (Å²) in [6.45, 7) is 1.77. The highest BCUT2D eigenvalue weighted by Crippen LogP contribution is 2.37. The van der Waals surface area contributed by atoms with Crippen LogP contribution >= 0.6 is 15.9 Å². The van der Waals surface area contributed by atoms with Crippen molar-refractivity contribution >= 4 is 43.8 Å². The summed E-state index contributed by atoms with van der Waals surface area (Å²) in [5.41, 5.74) is 5.23. The van der Waals surface area contributed by atoms with Gasteiger partial charge in [0.05, 0.1) is 28.4 Å². The van der Waals surface area contributed by atoms with E-state index in [0.717, 1.165) is 27.6 Å². The van der Waals surface area contributed by atoms with Gasteiger partial charge in [0.1, 0.15) is 19.0 Å². The second kappa shape index (κ2) is 13.4. The van der Waals surface area contributed by atoms with Crippen LogP contribution in [0.25, 0.3) is 0 Å². The van der Waals surface area contributed by atoms with E-state index in [0.29, 0.717) is 28.1 Å². The Labute approximate surface area is 246 Å². The minimum absolute atomic E-state index is 0.0118. The number of rotatable bonds is 11. The second-order valence-corrected chi connectivity index (χ2v) is 11.6. The molecule has 0 aliphatic heterocycles. The molecule has 4 aromatic rings. The quantitative estimate of drug-likeness (QED) is 0.165. The third kappa shape index (κ3) is 7.71. The van der Waals surface area contributed by atoms with Gasteiger partial charge < -0.3 is 9.47 Å². The van der Waals surface area contributed by atoms with E-state index in [1.54, 1.807) is 30.3 Å². The minimum Gasteiger partial charge on any atom is -0.493 e. The Morgan fingerprint density at radius 2 is 1.71 bits per heavy atom. The lowest BCUT2D eigenvalue weighted by Crippen LogP contribution is -2.39. The molecule has 0 fully saturated rings. The summed E-state index contributed by atoms with van der Waals surface area (Å²) in [6, 6.07) is 23.9. The van der Waals surface area contributed by atoms with E-state index in [1.807, 2.05) is 31.2 Å². The van der Waals surface area contributed by atoms with Crippen LogP contribution in [0.5, 0.6) is 11.5 Å². The summed E-state index contributed by atoms with van der Waals surface area (Å²) in [5.74, 6) is -0.270. The Bertz CT molecular complexity index is 1630. The normalized spacial score (nSPS) is 11.3. The number of carbonyl (C=O) groups excluding carboxylic acids is 1. The number of methoxy groups -OCH3 is 1. The molecule has 0 saturated carbocycles. The Balaban J connectivity index is 1.47. The van der Waals surface area contributed by atoms with Crippen LogP contribution in [0.3, 0.4) is 0 Å². The predicted molar refractivity (Wildman–Crippen MR) is 159 cm³/mol. The van der Waals surface area contributed by atoms with Gasteiger partial charge in [-0.15, -0.1) is 0 Å². The molecule has 212 valence electrons. The van der Waals surface area contributed by atoms with E-state index in [-0.39, 0.29) is 10.6 Å². The highest BCUT2D eigenvalue weighted by atomic mass is 79.9. The molecule has 0 heterocycles. The maximum absolute atomic E-state index is 13.5. The van der Waals surface area contributed by atoms with Crippen LogP contribution in [0.4, 0.5) is 10.1 Å². The number of hydrazone groups is 1. The molecular weight excluding hydrogens is 613 g/mol. The maximum Gasteiger partial charge on any atom is 0.264 e. The van der Waals surface area contributed by atoms with E-state index in [2.05, 4.69) is 26.5 Å². The molecule has 0 saturated heterocycles. The summed E-state index contributed by atoms with van der Waals surface area (Å²) < 4.78 is 53.1. The fraction of sp³-hybridized carbons (Fsp3) is 0.133. The van der Waals surface area contributed by atoms with Crippen molar-refractivity contribution in [2.24, 2.45) is 5.10 Å². The number of nitrogens with one attached hydrogen (secondary N) is 1. The fourth-order valence-corrected chi connectivity index (χ4v) is 5.80. The van der Waals surface area contributed by atoms with Crippen LogP contribution in [-0.2, 0) is 21.4 Å². The average molecular weight is 641 g/mol. The first-order chi connectivity index (χ1) is 19.7. The lowest BCUT2D eigenvalue weighted by atomic mass is 10.2. The van der Waals surface area contributed by atoms with Crippen molar-refractivity contribution in [2.45, 2.75) is 18.4 Å². The van der Waals surface area contributed by atoms with Gasteiger partial charge in [-0.25, -0.2) is 18.2 Å². The Morgan fingerprint density at radius 3 is 2.37 bits per heavy atom. The van der Waals surface area contributed by atoms with Gasteiger partial charge in [-0.2, -0.15) is 5.10 Å². The van der Waals surface area contributed by atoms with Gasteiger partial charge in [0.15, 0.2) is 11.5 Å². The molecule has 0 spiro atoms. The standard InChI is InChI=1S/C30H27BrFN3O5S/c1-21-8-10-22(11-9-21)20-40-30-27(31)16-23(17-28(30)39-2)18-33-34-29(36)19-35(25-14-12-24(32)13-15-25)41(37,38)26-6-4-3-5-7-26/h3-18H,19-20H2,1-2H3,(H,34,36)/b33-18-. The largest absolute Gasteiger partial charge is 0.493 e. The number of hydrogen-bond donors (Lipinski definition) is 1. The third-order valence-electron chi connectivity index (χ3n) is 5.89. The van der Waals surface area contributed by atoms with Gasteiger partial charge in [-0.1, -0.05) is 48.0 Å². The number of halogens is 2. The molecule has 8 nitrogen and oxygen atoms in total. The highest BCUT2D eigenvalue weighted by molar-refractivity contribution is 9.10. The molecule has 0 unspecified atom stereocenters. The minimum atomic E-state index is -4.12. The Morgan fingerprint density at radius 1 is 1.02 bits per heavy atom. The van der Waals surface area contributed by atoms with Gasteiger partial charge in [0.25, 0.3) is 15.9 Å². The molecule has 4 aromatic carbocycles. The molecule has 41 heavy (non-hydrogen) atoms. The van der Waals surface area contributed by atoms with Crippen molar-refractivity contribution in [3.8, 4) is 11.5 Å². The van der Waals surface area contributed by atoms with Crippen LogP contribution in [0.15, 0.2) is 105 Å². The molecule has 1 amide bonds. The number of nitrogens with zero attached hydrogens (tertiary/aromatic N) is 2. The zero-order valence-corrected chi connectivity index (χ0v) is 24.7. The van der Waals surface area contributed by atoms with E-state index in [4.69, 9.17) is 9.47 Å². The first-order valence-corrected chi connectivity index (χ1v) is 14.6. The van der Waals surface area contributed by atoms with Crippen LogP contribution in [-0.4, -0.2) is 34.2 Å². The number of sulfonamides is 1. The number of benzene rings is 4. The molecule has 0 radical (unpaired) electrons. The van der Waals surface area contributed by atoms with Crippen molar-refractivity contribution < 1.29 is 27.1 Å². The zero-order chi connectivity index (χ0) is 29.4. The van der Waals surface area contributed by atoms with Crippen LogP contribution < -0.4 is 19.2 Å². The Kier molecular flexibility index (Phi) is 9.74. The molecule has 1 N–H and O–H groups in total. The number of anilines is 1. The number of ether oxygens (including phenoxy) is 2. The molecular formula is C30H27BrFN3O5S. The fourth-order valence-electron chi connectivity index (χ4n) is 3.78. The number of amides is 1. The van der Waals surface area contributed by atoms with Gasteiger partial charge in [-0.05, 0) is 82.5 Å². The van der Waals surface area contributed by atoms with Crippen molar-refractivity contribution in [1.29, 1.82) is 0 Å². The van der Waals surface area contributed by atoms with E-state index >= 15 is 0 Å². The lowest BCUT2D eigenvalue weighted by Gasteiger charge is -2.23. The van der Waals surface area contributed by atoms with Gasteiger partial charge in [0, 0.05) is 0 Å². The molecule has 0 aliphatic rings. The van der Waals surface area contributed by atoms with Gasteiger partial charge in [-0.3, -0.25) is 9.10 Å². The summed E-state index contributed by atoms with van der Waals surface area (Å²) in [6.07, 6.45) is 1.39. The van der Waals surface area contributed by atoms with E-state index in [9.17, 15) is 17.6 Å². The number of aryl methyl sites for hydroxylation is 1. The Hall–Kier alpha value is -4.22. The van der Waals surface area contributed by atoms with Gasteiger partial charge >= 0.3 is 0 Å². The van der Waals surface area contributed by atoms with Crippen LogP contribution in [0, 0.1) is 12.7 Å². The molecule has 11 heteroatoms. The summed E-state index contributed by atoms with van der Waals surface area (Å²) in [4.78, 5) is 12.8. The van der Waals surface area contributed by atoms with Crippen molar-refractivity contribution in [3.05, 3.63) is 118 Å². The van der Waals surface area contributed by atoms with Crippen LogP contribution in [0.2, 0.25) is 0 Å². The topological polar surface area (TPSA) is 97.3 Å². The third-order valence-corrected chi connectivity index (χ3v) is 8.27. The summed E-state index contributed by atoms with van der Waals surface area (Å²) in [7, 11) is -2.61. The molecule has 0 bridgehead atoms. The van der Waals surface area contributed by atoms with Crippen molar-refractivity contribution in [1.82, 2.24) is 5.43 Å². The summed E-state index contributed by atoms with van der Waals surface area (Å²) >= 11 is 3.50.